The molecule has 2 heteroatoms. The molecule has 0 aliphatic heterocycles. The second-order valence-electron chi connectivity index (χ2n) is 8.65. The highest BCUT2D eigenvalue weighted by Gasteiger charge is 2.43. The van der Waals surface area contributed by atoms with Crippen LogP contribution >= 0.6 is 0 Å². The maximum Gasteiger partial charge on any atom is 0.120 e. The van der Waals surface area contributed by atoms with Crippen molar-refractivity contribution in [1.82, 2.24) is 0 Å². The summed E-state index contributed by atoms with van der Waals surface area (Å²) in [5, 5.41) is 20.2. The van der Waals surface area contributed by atoms with Crippen LogP contribution < -0.4 is 0 Å². The zero-order valence-electron chi connectivity index (χ0n) is 17.8. The maximum absolute atomic E-state index is 10.3. The molecule has 28 heavy (non-hydrogen) atoms. The van der Waals surface area contributed by atoms with E-state index in [1.54, 1.807) is 6.07 Å². The zero-order valence-corrected chi connectivity index (χ0v) is 17.8. The van der Waals surface area contributed by atoms with Crippen LogP contribution in [0.25, 0.3) is 0 Å². The Morgan fingerprint density at radius 3 is 2.07 bits per heavy atom. The molecule has 0 heterocycles. The van der Waals surface area contributed by atoms with Gasteiger partial charge in [-0.3, -0.25) is 0 Å². The van der Waals surface area contributed by atoms with E-state index in [9.17, 15) is 10.2 Å². The molecule has 0 bridgehead atoms. The molecule has 1 aliphatic carbocycles. The lowest BCUT2D eigenvalue weighted by Gasteiger charge is -2.34. The highest BCUT2D eigenvalue weighted by atomic mass is 16.3. The summed E-state index contributed by atoms with van der Waals surface area (Å²) in [6, 6.07) is 12.5. The fourth-order valence-corrected chi connectivity index (χ4v) is 4.08. The summed E-state index contributed by atoms with van der Waals surface area (Å²) >= 11 is 0. The fraction of sp³-hybridized carbons (Fsp3) is 0.462. The van der Waals surface area contributed by atoms with Gasteiger partial charge in [0.15, 0.2) is 0 Å². The number of hydrogen-bond acceptors (Lipinski definition) is 2. The third kappa shape index (κ3) is 3.69. The number of phenols is 1. The van der Waals surface area contributed by atoms with Crippen molar-refractivity contribution < 1.29 is 10.2 Å². The van der Waals surface area contributed by atoms with Crippen molar-refractivity contribution in [2.24, 2.45) is 5.41 Å². The summed E-state index contributed by atoms with van der Waals surface area (Å²) in [5.74, 6) is 6.59. The van der Waals surface area contributed by atoms with E-state index in [1.165, 1.54) is 11.1 Å². The largest absolute Gasteiger partial charge is 0.508 e. The number of hydrogen-bond donors (Lipinski definition) is 2. The van der Waals surface area contributed by atoms with Crippen LogP contribution in [0.1, 0.15) is 74.3 Å². The molecular weight excluding hydrogens is 344 g/mol. The topological polar surface area (TPSA) is 40.5 Å². The van der Waals surface area contributed by atoms with Gasteiger partial charge in [-0.2, -0.15) is 0 Å². The summed E-state index contributed by atoms with van der Waals surface area (Å²) in [4.78, 5) is 0. The van der Waals surface area contributed by atoms with Crippen molar-refractivity contribution >= 4 is 0 Å². The quantitative estimate of drug-likeness (QED) is 0.664. The lowest BCUT2D eigenvalue weighted by Crippen LogP contribution is -2.26. The minimum atomic E-state index is -0.545. The van der Waals surface area contributed by atoms with Gasteiger partial charge < -0.3 is 10.2 Å². The molecule has 0 radical (unpaired) electrons. The second kappa shape index (κ2) is 7.64. The van der Waals surface area contributed by atoms with Crippen molar-refractivity contribution in [3.05, 3.63) is 64.2 Å². The van der Waals surface area contributed by atoms with Crippen LogP contribution in [-0.4, -0.2) is 16.3 Å². The number of aromatic hydroxyl groups is 1. The first-order valence-corrected chi connectivity index (χ1v) is 10.4. The van der Waals surface area contributed by atoms with E-state index in [4.69, 9.17) is 0 Å². The van der Waals surface area contributed by atoms with Crippen LogP contribution in [-0.2, 0) is 5.41 Å². The summed E-state index contributed by atoms with van der Waals surface area (Å²) in [7, 11) is 0. The number of aliphatic hydroxyl groups is 1. The van der Waals surface area contributed by atoms with Gasteiger partial charge in [0.05, 0.1) is 0 Å². The highest BCUT2D eigenvalue weighted by Crippen LogP contribution is 2.48. The van der Waals surface area contributed by atoms with Crippen LogP contribution in [0, 0.1) is 31.1 Å². The number of rotatable bonds is 5. The Bertz CT molecular complexity index is 921. The van der Waals surface area contributed by atoms with Crippen molar-refractivity contribution in [2.75, 3.05) is 0 Å². The summed E-state index contributed by atoms with van der Waals surface area (Å²) in [6.07, 6.45) is 3.53. The Morgan fingerprint density at radius 2 is 1.57 bits per heavy atom. The average Bonchev–Trinajstić information content (AvgIpc) is 3.44. The molecule has 2 aromatic carbocycles. The highest BCUT2D eigenvalue weighted by molar-refractivity contribution is 5.49. The third-order valence-corrected chi connectivity index (χ3v) is 6.78. The Hall–Kier alpha value is -2.24. The maximum atomic E-state index is 10.3. The van der Waals surface area contributed by atoms with Gasteiger partial charge in [0, 0.05) is 16.4 Å². The first kappa shape index (κ1) is 20.5. The molecular formula is C26H32O2. The molecule has 0 aromatic heterocycles. The molecule has 148 valence electrons. The van der Waals surface area contributed by atoms with Crippen molar-refractivity contribution in [1.29, 1.82) is 0 Å². The summed E-state index contributed by atoms with van der Waals surface area (Å²) in [5.41, 5.74) is 5.46. The normalized spacial score (nSPS) is 16.2. The summed E-state index contributed by atoms with van der Waals surface area (Å²) < 4.78 is 0. The first-order chi connectivity index (χ1) is 13.3. The second-order valence-corrected chi connectivity index (χ2v) is 8.65. The van der Waals surface area contributed by atoms with Gasteiger partial charge in [-0.25, -0.2) is 0 Å². The van der Waals surface area contributed by atoms with Crippen LogP contribution in [0.4, 0.5) is 0 Å². The van der Waals surface area contributed by atoms with Gasteiger partial charge in [-0.05, 0) is 73.9 Å². The van der Waals surface area contributed by atoms with E-state index in [-0.39, 0.29) is 10.8 Å². The predicted molar refractivity (Wildman–Crippen MR) is 116 cm³/mol. The fourth-order valence-electron chi connectivity index (χ4n) is 4.08. The van der Waals surface area contributed by atoms with E-state index in [2.05, 4.69) is 63.8 Å². The van der Waals surface area contributed by atoms with Gasteiger partial charge in [-0.1, -0.05) is 56.9 Å². The Balaban J connectivity index is 1.97. The van der Waals surface area contributed by atoms with E-state index in [0.29, 0.717) is 5.75 Å². The molecule has 1 unspecified atom stereocenters. The van der Waals surface area contributed by atoms with Crippen molar-refractivity contribution in [2.45, 2.75) is 71.8 Å². The lowest BCUT2D eigenvalue weighted by atomic mass is 9.70. The monoisotopic (exact) mass is 376 g/mol. The molecule has 3 rings (SSSR count). The standard InChI is InChI=1S/C26H32O2/c1-6-26(7-2,22-11-12-23(27)19(4)17-22)21-10-8-20(18(3)16-21)9-13-24(28)25(5)14-15-25/h8,10-12,16-17,24,27-28H,6-7,14-15H2,1-5H3. The Morgan fingerprint density at radius 1 is 1.00 bits per heavy atom. The number of benzene rings is 2. The average molecular weight is 377 g/mol. The van der Waals surface area contributed by atoms with Gasteiger partial charge in [-0.15, -0.1) is 0 Å². The summed E-state index contributed by atoms with van der Waals surface area (Å²) in [6.45, 7) is 10.6. The van der Waals surface area contributed by atoms with Gasteiger partial charge >= 0.3 is 0 Å². The third-order valence-electron chi connectivity index (χ3n) is 6.78. The van der Waals surface area contributed by atoms with Crippen LogP contribution in [0.15, 0.2) is 36.4 Å². The molecule has 0 spiro atoms. The number of aryl methyl sites for hydroxylation is 2. The molecule has 2 nitrogen and oxygen atoms in total. The molecule has 1 saturated carbocycles. The van der Waals surface area contributed by atoms with E-state index < -0.39 is 6.10 Å². The lowest BCUT2D eigenvalue weighted by molar-refractivity contribution is 0.158. The van der Waals surface area contributed by atoms with E-state index in [0.717, 1.165) is 42.4 Å². The number of aliphatic hydroxyl groups excluding tert-OH is 1. The molecule has 1 atom stereocenters. The van der Waals surface area contributed by atoms with E-state index >= 15 is 0 Å². The van der Waals surface area contributed by atoms with Crippen LogP contribution in [0.2, 0.25) is 0 Å². The van der Waals surface area contributed by atoms with Crippen molar-refractivity contribution in [3.8, 4) is 17.6 Å². The predicted octanol–water partition coefficient (Wildman–Crippen LogP) is 5.63. The minimum Gasteiger partial charge on any atom is -0.508 e. The molecule has 1 fully saturated rings. The SMILES string of the molecule is CCC(CC)(c1ccc(O)c(C)c1)c1ccc(C#CC(O)C2(C)CC2)c(C)c1. The molecule has 0 amide bonds. The molecule has 1 aliphatic rings. The van der Waals surface area contributed by atoms with Crippen molar-refractivity contribution in [3.63, 3.8) is 0 Å². The van der Waals surface area contributed by atoms with Crippen LogP contribution in [0.3, 0.4) is 0 Å². The zero-order chi connectivity index (χ0) is 20.5. The smallest absolute Gasteiger partial charge is 0.120 e. The molecule has 2 N–H and O–H groups in total. The van der Waals surface area contributed by atoms with Gasteiger partial charge in [0.1, 0.15) is 11.9 Å². The number of phenolic OH excluding ortho intramolecular Hbond substituents is 1. The molecule has 0 saturated heterocycles. The van der Waals surface area contributed by atoms with E-state index in [1.807, 2.05) is 13.0 Å². The van der Waals surface area contributed by atoms with Gasteiger partial charge in [0.2, 0.25) is 0 Å². The first-order valence-electron chi connectivity index (χ1n) is 10.4. The minimum absolute atomic E-state index is 0.00283. The van der Waals surface area contributed by atoms with Gasteiger partial charge in [0.25, 0.3) is 0 Å². The Kier molecular flexibility index (Phi) is 5.60. The van der Waals surface area contributed by atoms with Crippen LogP contribution in [0.5, 0.6) is 5.75 Å². The molecule has 2 aromatic rings. The Labute approximate surface area is 169 Å².